The zero-order chi connectivity index (χ0) is 15.2. The minimum Gasteiger partial charge on any atom is -0.508 e. The van der Waals surface area contributed by atoms with E-state index in [-0.39, 0.29) is 11.8 Å². The summed E-state index contributed by atoms with van der Waals surface area (Å²) >= 11 is 5.92. The van der Waals surface area contributed by atoms with Gasteiger partial charge in [-0.25, -0.2) is 0 Å². The van der Waals surface area contributed by atoms with Crippen molar-refractivity contribution in [2.24, 2.45) is 0 Å². The maximum atomic E-state index is 10.2. The molecule has 2 rings (SSSR count). The van der Waals surface area contributed by atoms with Crippen molar-refractivity contribution in [2.75, 3.05) is 0 Å². The van der Waals surface area contributed by atoms with Crippen LogP contribution in [0.2, 0.25) is 5.02 Å². The topological polar surface area (TPSA) is 52.5 Å². The predicted octanol–water partition coefficient (Wildman–Crippen LogP) is 3.65. The highest BCUT2D eigenvalue weighted by Gasteiger charge is 2.12. The summed E-state index contributed by atoms with van der Waals surface area (Å²) in [7, 11) is 0. The van der Waals surface area contributed by atoms with Crippen molar-refractivity contribution in [3.63, 3.8) is 0 Å². The van der Waals surface area contributed by atoms with Crippen LogP contribution in [0.4, 0.5) is 0 Å². The molecule has 0 fully saturated rings. The van der Waals surface area contributed by atoms with Gasteiger partial charge in [0.2, 0.25) is 0 Å². The number of phenolic OH excluding ortho intramolecular Hbond substituents is 1. The highest BCUT2D eigenvalue weighted by Crippen LogP contribution is 2.22. The number of aliphatic hydroxyl groups is 1. The Morgan fingerprint density at radius 3 is 2.57 bits per heavy atom. The highest BCUT2D eigenvalue weighted by atomic mass is 35.5. The molecule has 2 aromatic rings. The maximum Gasteiger partial charge on any atom is 0.120 e. The quantitative estimate of drug-likeness (QED) is 0.763. The molecule has 0 aliphatic heterocycles. The molecular formula is C17H20ClNO2. The number of aromatic hydroxyl groups is 1. The molecule has 0 aliphatic carbocycles. The van der Waals surface area contributed by atoms with Crippen LogP contribution in [0.15, 0.2) is 48.5 Å². The molecule has 0 aromatic heterocycles. The van der Waals surface area contributed by atoms with Crippen molar-refractivity contribution in [1.29, 1.82) is 0 Å². The Hall–Kier alpha value is -1.55. The minimum atomic E-state index is -0.498. The van der Waals surface area contributed by atoms with Crippen LogP contribution in [-0.2, 0) is 6.54 Å². The van der Waals surface area contributed by atoms with E-state index in [2.05, 4.69) is 5.32 Å². The average molecular weight is 306 g/mol. The third kappa shape index (κ3) is 4.74. The summed E-state index contributed by atoms with van der Waals surface area (Å²) < 4.78 is 0. The lowest BCUT2D eigenvalue weighted by Crippen LogP contribution is -2.27. The Bertz CT molecular complexity index is 574. The summed E-state index contributed by atoms with van der Waals surface area (Å²) in [5.41, 5.74) is 1.67. The van der Waals surface area contributed by atoms with Crippen LogP contribution in [-0.4, -0.2) is 16.3 Å². The molecule has 3 N–H and O–H groups in total. The fourth-order valence-corrected chi connectivity index (χ4v) is 2.40. The van der Waals surface area contributed by atoms with Crippen molar-refractivity contribution in [2.45, 2.75) is 32.0 Å². The van der Waals surface area contributed by atoms with Crippen LogP contribution in [0.1, 0.15) is 30.6 Å². The number of aliphatic hydroxyl groups excluding tert-OH is 1. The van der Waals surface area contributed by atoms with E-state index >= 15 is 0 Å². The van der Waals surface area contributed by atoms with E-state index in [1.54, 1.807) is 18.2 Å². The lowest BCUT2D eigenvalue weighted by atomic mass is 10.0. The molecule has 2 unspecified atom stereocenters. The molecule has 4 heteroatoms. The normalized spacial score (nSPS) is 13.9. The first-order chi connectivity index (χ1) is 10.1. The molecule has 0 bridgehead atoms. The Morgan fingerprint density at radius 1 is 1.14 bits per heavy atom. The van der Waals surface area contributed by atoms with Gasteiger partial charge in [-0.2, -0.15) is 0 Å². The molecule has 0 saturated carbocycles. The van der Waals surface area contributed by atoms with E-state index in [0.717, 1.165) is 11.1 Å². The average Bonchev–Trinajstić information content (AvgIpc) is 2.49. The van der Waals surface area contributed by atoms with Crippen molar-refractivity contribution >= 4 is 11.6 Å². The highest BCUT2D eigenvalue weighted by molar-refractivity contribution is 6.30. The lowest BCUT2D eigenvalue weighted by molar-refractivity contribution is 0.154. The number of nitrogens with one attached hydrogen (secondary N) is 1. The monoisotopic (exact) mass is 305 g/mol. The van der Waals surface area contributed by atoms with Crippen LogP contribution in [0.5, 0.6) is 5.75 Å². The zero-order valence-electron chi connectivity index (χ0n) is 12.0. The second-order valence-corrected chi connectivity index (χ2v) is 5.65. The Balaban J connectivity index is 1.87. The van der Waals surface area contributed by atoms with E-state index < -0.39 is 6.10 Å². The van der Waals surface area contributed by atoms with Gasteiger partial charge in [-0.05, 0) is 37.1 Å². The van der Waals surface area contributed by atoms with Gasteiger partial charge < -0.3 is 15.5 Å². The molecule has 0 spiro atoms. The SMILES string of the molecule is CC(CC(O)c1ccccc1)NCc1cc(Cl)ccc1O. The van der Waals surface area contributed by atoms with Gasteiger partial charge >= 0.3 is 0 Å². The molecule has 2 atom stereocenters. The molecule has 0 amide bonds. The number of hydrogen-bond acceptors (Lipinski definition) is 3. The minimum absolute atomic E-state index is 0.110. The first kappa shape index (κ1) is 15.8. The first-order valence-corrected chi connectivity index (χ1v) is 7.38. The third-order valence-corrected chi connectivity index (χ3v) is 3.68. The third-order valence-electron chi connectivity index (χ3n) is 3.44. The van der Waals surface area contributed by atoms with Crippen LogP contribution in [0, 0.1) is 0 Å². The van der Waals surface area contributed by atoms with E-state index in [9.17, 15) is 10.2 Å². The molecule has 21 heavy (non-hydrogen) atoms. The molecule has 0 aliphatic rings. The van der Waals surface area contributed by atoms with Gasteiger partial charge in [0.15, 0.2) is 0 Å². The smallest absolute Gasteiger partial charge is 0.120 e. The van der Waals surface area contributed by atoms with E-state index in [1.807, 2.05) is 37.3 Å². The number of halogens is 1. The number of benzene rings is 2. The first-order valence-electron chi connectivity index (χ1n) is 7.00. The summed E-state index contributed by atoms with van der Waals surface area (Å²) in [6.07, 6.45) is 0.104. The molecule has 112 valence electrons. The van der Waals surface area contributed by atoms with Crippen LogP contribution in [0.25, 0.3) is 0 Å². The fraction of sp³-hybridized carbons (Fsp3) is 0.294. The van der Waals surface area contributed by atoms with Crippen molar-refractivity contribution in [3.05, 3.63) is 64.7 Å². The number of rotatable bonds is 6. The molecular weight excluding hydrogens is 286 g/mol. The lowest BCUT2D eigenvalue weighted by Gasteiger charge is -2.18. The fourth-order valence-electron chi connectivity index (χ4n) is 2.21. The van der Waals surface area contributed by atoms with Crippen molar-refractivity contribution in [3.8, 4) is 5.75 Å². The molecule has 0 radical (unpaired) electrons. The standard InChI is InChI=1S/C17H20ClNO2/c1-12(9-17(21)13-5-3-2-4-6-13)19-11-14-10-15(18)7-8-16(14)20/h2-8,10,12,17,19-21H,9,11H2,1H3. The van der Waals surface area contributed by atoms with Gasteiger partial charge in [0.05, 0.1) is 6.10 Å². The second-order valence-electron chi connectivity index (χ2n) is 5.22. The largest absolute Gasteiger partial charge is 0.508 e. The van der Waals surface area contributed by atoms with Gasteiger partial charge in [0.1, 0.15) is 5.75 Å². The summed E-state index contributed by atoms with van der Waals surface area (Å²) in [6.45, 7) is 2.52. The van der Waals surface area contributed by atoms with Gasteiger partial charge in [-0.1, -0.05) is 41.9 Å². The van der Waals surface area contributed by atoms with Crippen LogP contribution < -0.4 is 5.32 Å². The summed E-state index contributed by atoms with van der Waals surface area (Å²) in [6, 6.07) is 14.7. The second kappa shape index (κ2) is 7.46. The predicted molar refractivity (Wildman–Crippen MR) is 85.4 cm³/mol. The summed E-state index contributed by atoms with van der Waals surface area (Å²) in [5, 5.41) is 23.8. The van der Waals surface area contributed by atoms with E-state index in [4.69, 9.17) is 11.6 Å². The Kier molecular flexibility index (Phi) is 5.62. The van der Waals surface area contributed by atoms with E-state index in [0.29, 0.717) is 18.0 Å². The zero-order valence-corrected chi connectivity index (χ0v) is 12.7. The van der Waals surface area contributed by atoms with Gasteiger partial charge in [-0.3, -0.25) is 0 Å². The van der Waals surface area contributed by atoms with Crippen LogP contribution in [0.3, 0.4) is 0 Å². The summed E-state index contributed by atoms with van der Waals surface area (Å²) in [4.78, 5) is 0. The Morgan fingerprint density at radius 2 is 1.86 bits per heavy atom. The van der Waals surface area contributed by atoms with Gasteiger partial charge in [-0.15, -0.1) is 0 Å². The maximum absolute atomic E-state index is 10.2. The van der Waals surface area contributed by atoms with Gasteiger partial charge in [0, 0.05) is 23.2 Å². The van der Waals surface area contributed by atoms with E-state index in [1.165, 1.54) is 0 Å². The van der Waals surface area contributed by atoms with Gasteiger partial charge in [0.25, 0.3) is 0 Å². The number of phenols is 1. The molecule has 0 heterocycles. The molecule has 2 aromatic carbocycles. The van der Waals surface area contributed by atoms with Crippen molar-refractivity contribution < 1.29 is 10.2 Å². The molecule has 3 nitrogen and oxygen atoms in total. The summed E-state index contributed by atoms with van der Waals surface area (Å²) in [5.74, 6) is 0.225. The van der Waals surface area contributed by atoms with Crippen molar-refractivity contribution in [1.82, 2.24) is 5.32 Å². The number of hydrogen-bond donors (Lipinski definition) is 3. The Labute approximate surface area is 130 Å². The van der Waals surface area contributed by atoms with Crippen LogP contribution >= 0.6 is 11.6 Å². The molecule has 0 saturated heterocycles.